The molecule has 4 rings (SSSR count). The van der Waals surface area contributed by atoms with Crippen molar-refractivity contribution in [1.82, 2.24) is 20.2 Å². The van der Waals surface area contributed by atoms with E-state index in [9.17, 15) is 4.79 Å². The molecule has 1 aliphatic rings. The van der Waals surface area contributed by atoms with Crippen LogP contribution >= 0.6 is 11.3 Å². The van der Waals surface area contributed by atoms with Crippen molar-refractivity contribution in [3.05, 3.63) is 53.3 Å². The monoisotopic (exact) mass is 396 g/mol. The molecule has 0 spiro atoms. The van der Waals surface area contributed by atoms with Gasteiger partial charge >= 0.3 is 6.03 Å². The third-order valence-corrected chi connectivity index (χ3v) is 5.98. The van der Waals surface area contributed by atoms with Gasteiger partial charge in [-0.25, -0.2) is 9.78 Å². The van der Waals surface area contributed by atoms with Crippen LogP contribution < -0.4 is 10.1 Å². The van der Waals surface area contributed by atoms with E-state index in [1.165, 1.54) is 0 Å². The number of piperidine rings is 1. The standard InChI is InChI=1S/C21H24N4O2S/c1-14-12-22-8-5-19(14)27-17-6-9-25(10-7-17)21(26)24-15(2)16-3-4-18-20(11-16)28-13-23-18/h3-5,8,11-13,15,17H,6-7,9-10H2,1-2H3,(H,24,26). The van der Waals surface area contributed by atoms with E-state index in [0.29, 0.717) is 13.1 Å². The van der Waals surface area contributed by atoms with Crippen LogP contribution in [0.2, 0.25) is 0 Å². The number of likely N-dealkylation sites (tertiary alicyclic amines) is 1. The Morgan fingerprint density at radius 1 is 1.32 bits per heavy atom. The maximum absolute atomic E-state index is 12.7. The number of fused-ring (bicyclic) bond motifs is 1. The predicted octanol–water partition coefficient (Wildman–Crippen LogP) is 4.31. The summed E-state index contributed by atoms with van der Waals surface area (Å²) in [7, 11) is 0. The van der Waals surface area contributed by atoms with Crippen molar-refractivity contribution in [1.29, 1.82) is 0 Å². The molecule has 3 aromatic rings. The van der Waals surface area contributed by atoms with Crippen LogP contribution in [0.4, 0.5) is 4.79 Å². The lowest BCUT2D eigenvalue weighted by atomic mass is 10.1. The molecule has 1 fully saturated rings. The first-order valence-corrected chi connectivity index (χ1v) is 10.4. The first-order chi connectivity index (χ1) is 13.6. The van der Waals surface area contributed by atoms with E-state index in [4.69, 9.17) is 4.74 Å². The minimum atomic E-state index is -0.0487. The topological polar surface area (TPSA) is 67.3 Å². The number of thiazole rings is 1. The molecule has 1 atom stereocenters. The lowest BCUT2D eigenvalue weighted by Gasteiger charge is -2.33. The van der Waals surface area contributed by atoms with Gasteiger partial charge in [0, 0.05) is 43.9 Å². The number of aromatic nitrogens is 2. The van der Waals surface area contributed by atoms with E-state index in [2.05, 4.69) is 21.4 Å². The molecule has 1 aromatic carbocycles. The number of pyridine rings is 1. The zero-order valence-electron chi connectivity index (χ0n) is 16.1. The van der Waals surface area contributed by atoms with Gasteiger partial charge in [-0.3, -0.25) is 4.98 Å². The van der Waals surface area contributed by atoms with E-state index in [1.54, 1.807) is 17.5 Å². The van der Waals surface area contributed by atoms with Gasteiger partial charge in [-0.15, -0.1) is 11.3 Å². The summed E-state index contributed by atoms with van der Waals surface area (Å²) in [6, 6.07) is 7.98. The Morgan fingerprint density at radius 2 is 2.14 bits per heavy atom. The van der Waals surface area contributed by atoms with Crippen LogP contribution in [0, 0.1) is 6.92 Å². The minimum absolute atomic E-state index is 0.0181. The number of nitrogens with one attached hydrogen (secondary N) is 1. The molecule has 0 bridgehead atoms. The molecule has 6 nitrogen and oxygen atoms in total. The SMILES string of the molecule is Cc1cnccc1OC1CCN(C(=O)NC(C)c2ccc3ncsc3c2)CC1. The molecule has 0 saturated carbocycles. The third kappa shape index (κ3) is 4.09. The number of nitrogens with zero attached hydrogens (tertiary/aromatic N) is 3. The van der Waals surface area contributed by atoms with E-state index >= 15 is 0 Å². The van der Waals surface area contributed by atoms with E-state index < -0.39 is 0 Å². The Labute approximate surface area is 168 Å². The first-order valence-electron chi connectivity index (χ1n) is 9.56. The quantitative estimate of drug-likeness (QED) is 0.713. The molecule has 1 saturated heterocycles. The lowest BCUT2D eigenvalue weighted by molar-refractivity contribution is 0.109. The number of rotatable bonds is 4. The molecule has 28 heavy (non-hydrogen) atoms. The highest BCUT2D eigenvalue weighted by Crippen LogP contribution is 2.24. The number of carbonyl (C=O) groups excluding carboxylic acids is 1. The third-order valence-electron chi connectivity index (χ3n) is 5.19. The minimum Gasteiger partial charge on any atom is -0.490 e. The molecule has 1 aliphatic heterocycles. The van der Waals surface area contributed by atoms with E-state index in [-0.39, 0.29) is 18.2 Å². The molecule has 0 aliphatic carbocycles. The maximum Gasteiger partial charge on any atom is 0.317 e. The summed E-state index contributed by atoms with van der Waals surface area (Å²) in [5.74, 6) is 0.880. The summed E-state index contributed by atoms with van der Waals surface area (Å²) in [6.45, 7) is 5.40. The highest BCUT2D eigenvalue weighted by Gasteiger charge is 2.25. The van der Waals surface area contributed by atoms with Gasteiger partial charge < -0.3 is 15.0 Å². The fourth-order valence-electron chi connectivity index (χ4n) is 3.45. The number of hydrogen-bond acceptors (Lipinski definition) is 5. The van der Waals surface area contributed by atoms with Crippen LogP contribution in [0.15, 0.2) is 42.2 Å². The van der Waals surface area contributed by atoms with Crippen molar-refractivity contribution in [3.63, 3.8) is 0 Å². The normalized spacial score (nSPS) is 16.1. The largest absolute Gasteiger partial charge is 0.490 e. The van der Waals surface area contributed by atoms with Crippen LogP contribution in [-0.4, -0.2) is 40.1 Å². The van der Waals surface area contributed by atoms with Gasteiger partial charge in [0.1, 0.15) is 11.9 Å². The van der Waals surface area contributed by atoms with Crippen LogP contribution in [0.3, 0.4) is 0 Å². The number of carbonyl (C=O) groups is 1. The Balaban J connectivity index is 1.30. The van der Waals surface area contributed by atoms with Crippen LogP contribution in [-0.2, 0) is 0 Å². The Morgan fingerprint density at radius 3 is 2.93 bits per heavy atom. The van der Waals surface area contributed by atoms with Gasteiger partial charge in [-0.05, 0) is 37.6 Å². The van der Waals surface area contributed by atoms with Crippen molar-refractivity contribution in [2.24, 2.45) is 0 Å². The van der Waals surface area contributed by atoms with Crippen LogP contribution in [0.25, 0.3) is 10.2 Å². The van der Waals surface area contributed by atoms with E-state index in [1.807, 2.05) is 48.7 Å². The number of ether oxygens (including phenoxy) is 1. The zero-order chi connectivity index (χ0) is 19.5. The second kappa shape index (κ2) is 8.14. The van der Waals surface area contributed by atoms with Crippen molar-refractivity contribution in [2.75, 3.05) is 13.1 Å². The molecule has 2 amide bonds. The summed E-state index contributed by atoms with van der Waals surface area (Å²) < 4.78 is 7.24. The summed E-state index contributed by atoms with van der Waals surface area (Å²) in [6.07, 6.45) is 5.35. The zero-order valence-corrected chi connectivity index (χ0v) is 16.9. The number of benzene rings is 1. The average molecular weight is 397 g/mol. The van der Waals surface area contributed by atoms with Crippen LogP contribution in [0.5, 0.6) is 5.75 Å². The smallest absolute Gasteiger partial charge is 0.317 e. The van der Waals surface area contributed by atoms with Gasteiger partial charge in [0.2, 0.25) is 0 Å². The predicted molar refractivity (Wildman–Crippen MR) is 111 cm³/mol. The number of aryl methyl sites for hydroxylation is 1. The van der Waals surface area contributed by atoms with E-state index in [0.717, 1.165) is 39.9 Å². The van der Waals surface area contributed by atoms with Gasteiger partial charge in [-0.1, -0.05) is 6.07 Å². The Bertz CT molecular complexity index is 966. The number of urea groups is 1. The lowest BCUT2D eigenvalue weighted by Crippen LogP contribution is -2.47. The highest BCUT2D eigenvalue weighted by molar-refractivity contribution is 7.16. The maximum atomic E-state index is 12.7. The first kappa shape index (κ1) is 18.7. The fraction of sp³-hybridized carbons (Fsp3) is 0.381. The number of hydrogen-bond donors (Lipinski definition) is 1. The van der Waals surface area contributed by atoms with Gasteiger partial charge in [0.05, 0.1) is 21.8 Å². The van der Waals surface area contributed by atoms with Gasteiger partial charge in [-0.2, -0.15) is 0 Å². The molecule has 1 N–H and O–H groups in total. The Hall–Kier alpha value is -2.67. The van der Waals surface area contributed by atoms with Crippen molar-refractivity contribution >= 4 is 27.6 Å². The Kier molecular flexibility index (Phi) is 5.43. The van der Waals surface area contributed by atoms with Gasteiger partial charge in [0.15, 0.2) is 0 Å². The molecule has 146 valence electrons. The molecule has 3 heterocycles. The summed E-state index contributed by atoms with van der Waals surface area (Å²) >= 11 is 1.62. The number of amides is 2. The van der Waals surface area contributed by atoms with Gasteiger partial charge in [0.25, 0.3) is 0 Å². The average Bonchev–Trinajstić information content (AvgIpc) is 3.18. The molecular weight excluding hydrogens is 372 g/mol. The second-order valence-corrected chi connectivity index (χ2v) is 8.08. The fourth-order valence-corrected chi connectivity index (χ4v) is 4.18. The highest BCUT2D eigenvalue weighted by atomic mass is 32.1. The van der Waals surface area contributed by atoms with Crippen molar-refractivity contribution in [2.45, 2.75) is 38.8 Å². The molecular formula is C21H24N4O2S. The molecule has 1 unspecified atom stereocenters. The summed E-state index contributed by atoms with van der Waals surface area (Å²) in [5, 5.41) is 3.12. The van der Waals surface area contributed by atoms with Crippen molar-refractivity contribution < 1.29 is 9.53 Å². The second-order valence-electron chi connectivity index (χ2n) is 7.20. The van der Waals surface area contributed by atoms with Crippen molar-refractivity contribution in [3.8, 4) is 5.75 Å². The summed E-state index contributed by atoms with van der Waals surface area (Å²) in [4.78, 5) is 22.9. The van der Waals surface area contributed by atoms with Crippen LogP contribution in [0.1, 0.15) is 36.9 Å². The molecule has 7 heteroatoms. The molecule has 2 aromatic heterocycles. The summed E-state index contributed by atoms with van der Waals surface area (Å²) in [5.41, 5.74) is 4.97. The molecule has 0 radical (unpaired) electrons.